The quantitative estimate of drug-likeness (QED) is 0.0966. The molecule has 2 N–H and O–H groups in total. The maximum Gasteiger partial charge on any atom is 0.331 e. The first kappa shape index (κ1) is 35.8. The second-order valence-corrected chi connectivity index (χ2v) is 13.0. The molecule has 0 spiro atoms. The highest BCUT2D eigenvalue weighted by molar-refractivity contribution is 7.89. The summed E-state index contributed by atoms with van der Waals surface area (Å²) in [6.07, 6.45) is 5.12. The summed E-state index contributed by atoms with van der Waals surface area (Å²) in [7, 11) is -1.67. The molecular weight excluding hydrogens is 670 g/mol. The molecule has 0 radical (unpaired) electrons. The van der Waals surface area contributed by atoms with E-state index in [1.807, 2.05) is 6.92 Å². The number of aryl methyl sites for hydroxylation is 2. The zero-order valence-electron chi connectivity index (χ0n) is 27.9. The lowest BCUT2D eigenvalue weighted by Crippen LogP contribution is -2.37. The van der Waals surface area contributed by atoms with Gasteiger partial charge in [0, 0.05) is 36.1 Å². The summed E-state index contributed by atoms with van der Waals surface area (Å²) in [4.78, 5) is 30.0. The molecule has 264 valence electrons. The zero-order valence-corrected chi connectivity index (χ0v) is 28.7. The van der Waals surface area contributed by atoms with Crippen molar-refractivity contribution in [3.63, 3.8) is 0 Å². The van der Waals surface area contributed by atoms with Crippen LogP contribution in [0.25, 0.3) is 11.8 Å². The van der Waals surface area contributed by atoms with E-state index in [9.17, 15) is 28.3 Å². The van der Waals surface area contributed by atoms with Crippen molar-refractivity contribution >= 4 is 28.0 Å². The lowest BCUT2D eigenvalue weighted by atomic mass is 10.0. The highest BCUT2D eigenvalue weighted by atomic mass is 32.2. The molecule has 1 aliphatic heterocycles. The van der Waals surface area contributed by atoms with Crippen LogP contribution in [-0.2, 0) is 32.5 Å². The van der Waals surface area contributed by atoms with Crippen molar-refractivity contribution in [2.24, 2.45) is 0 Å². The van der Waals surface area contributed by atoms with Gasteiger partial charge >= 0.3 is 5.97 Å². The Hall–Kier alpha value is -5.54. The van der Waals surface area contributed by atoms with Crippen LogP contribution in [0.1, 0.15) is 42.4 Å². The number of rotatable bonds is 15. The Morgan fingerprint density at radius 2 is 1.78 bits per heavy atom. The van der Waals surface area contributed by atoms with Crippen LogP contribution in [0.15, 0.2) is 71.3 Å². The summed E-state index contributed by atoms with van der Waals surface area (Å²) in [6, 6.07) is 14.0. The number of amides is 1. The summed E-state index contributed by atoms with van der Waals surface area (Å²) in [5.41, 5.74) is 1.66. The highest BCUT2D eigenvalue weighted by Gasteiger charge is 2.30. The van der Waals surface area contributed by atoms with E-state index in [4.69, 9.17) is 23.7 Å². The van der Waals surface area contributed by atoms with Crippen LogP contribution in [0.5, 0.6) is 28.7 Å². The van der Waals surface area contributed by atoms with Gasteiger partial charge in [-0.25, -0.2) is 9.78 Å². The molecule has 0 aliphatic carbocycles. The predicted molar refractivity (Wildman–Crippen MR) is 180 cm³/mol. The van der Waals surface area contributed by atoms with Gasteiger partial charge in [0.15, 0.2) is 18.1 Å². The van der Waals surface area contributed by atoms with Gasteiger partial charge in [0.05, 0.1) is 36.7 Å². The van der Waals surface area contributed by atoms with E-state index < -0.39 is 28.5 Å². The SMILES string of the molecule is CCCCc1ncc(/C=C(\Cc2cc3c(cc2OC)OCO3)C(=O)O)n1-c1ccc(OC)cc1OCC(=O)N(O)S(=O)(=O)c1ccccc1C. The van der Waals surface area contributed by atoms with E-state index in [0.29, 0.717) is 57.8 Å². The number of unbranched alkanes of at least 4 members (excludes halogenated alkanes) is 1. The van der Waals surface area contributed by atoms with Gasteiger partial charge in [-0.15, -0.1) is 4.47 Å². The molecule has 15 heteroatoms. The van der Waals surface area contributed by atoms with E-state index in [2.05, 4.69) is 4.98 Å². The first-order valence-corrected chi connectivity index (χ1v) is 17.0. The van der Waals surface area contributed by atoms with Crippen molar-refractivity contribution < 1.29 is 52.0 Å². The molecule has 4 aromatic rings. The number of hydrogen-bond donors (Lipinski definition) is 2. The van der Waals surface area contributed by atoms with Gasteiger partial charge in [0.25, 0.3) is 15.9 Å². The lowest BCUT2D eigenvalue weighted by molar-refractivity contribution is -0.148. The van der Waals surface area contributed by atoms with Gasteiger partial charge in [-0.1, -0.05) is 31.5 Å². The molecule has 1 aromatic heterocycles. The Balaban J connectivity index is 1.52. The number of carbonyl (C=O) groups excluding carboxylic acids is 1. The maximum absolute atomic E-state index is 13.0. The molecule has 0 atom stereocenters. The molecule has 50 heavy (non-hydrogen) atoms. The van der Waals surface area contributed by atoms with E-state index in [0.717, 1.165) is 12.8 Å². The van der Waals surface area contributed by atoms with E-state index >= 15 is 0 Å². The standard InChI is InChI=1S/C35H37N3O11S/c1-5-6-11-33-36-19-25(15-24(35(40)41)14-23-16-30-31(49-21-48-30)18-28(23)46-4)37(33)27-13-12-26(45-3)17-29(27)47-20-34(39)38(42)50(43,44)32-10-8-7-9-22(32)2/h7-10,12-13,15-19,42H,5-6,11,14,20-21H2,1-4H3,(H,40,41)/b24-15+. The smallest absolute Gasteiger partial charge is 0.331 e. The fourth-order valence-corrected chi connectivity index (χ4v) is 6.58. The van der Waals surface area contributed by atoms with Gasteiger partial charge in [0.1, 0.15) is 23.1 Å². The van der Waals surface area contributed by atoms with Crippen molar-refractivity contribution in [2.45, 2.75) is 44.4 Å². The summed E-state index contributed by atoms with van der Waals surface area (Å²) < 4.78 is 55.1. The molecule has 0 unspecified atom stereocenters. The average Bonchev–Trinajstić information content (AvgIpc) is 3.74. The van der Waals surface area contributed by atoms with Crippen LogP contribution in [0.3, 0.4) is 0 Å². The molecule has 14 nitrogen and oxygen atoms in total. The third-order valence-corrected chi connectivity index (χ3v) is 9.61. The van der Waals surface area contributed by atoms with Crippen LogP contribution in [0.4, 0.5) is 0 Å². The van der Waals surface area contributed by atoms with Gasteiger partial charge in [-0.3, -0.25) is 14.6 Å². The number of nitrogens with zero attached hydrogens (tertiary/aromatic N) is 3. The van der Waals surface area contributed by atoms with Crippen molar-refractivity contribution in [2.75, 3.05) is 27.6 Å². The Morgan fingerprint density at radius 1 is 1.04 bits per heavy atom. The van der Waals surface area contributed by atoms with Gasteiger partial charge in [-0.2, -0.15) is 8.42 Å². The van der Waals surface area contributed by atoms with Crippen LogP contribution in [0, 0.1) is 6.92 Å². The number of fused-ring (bicyclic) bond motifs is 1. The number of hydrogen-bond acceptors (Lipinski definition) is 11. The molecule has 1 aliphatic rings. The van der Waals surface area contributed by atoms with Gasteiger partial charge in [-0.05, 0) is 49.2 Å². The summed E-state index contributed by atoms with van der Waals surface area (Å²) in [5, 5.41) is 20.8. The maximum atomic E-state index is 13.0. The number of methoxy groups -OCH3 is 2. The molecule has 0 fully saturated rings. The molecule has 3 aromatic carbocycles. The molecule has 1 amide bonds. The van der Waals surface area contributed by atoms with Crippen LogP contribution >= 0.6 is 0 Å². The number of hydroxylamine groups is 1. The Labute approximate surface area is 289 Å². The summed E-state index contributed by atoms with van der Waals surface area (Å²) in [5.74, 6) is -0.00994. The lowest BCUT2D eigenvalue weighted by Gasteiger charge is -2.19. The fourth-order valence-electron chi connectivity index (χ4n) is 5.35. The normalized spacial score (nSPS) is 12.5. The molecule has 0 saturated heterocycles. The zero-order chi connectivity index (χ0) is 36.0. The second-order valence-electron chi connectivity index (χ2n) is 11.2. The number of aliphatic carboxylic acids is 1. The third kappa shape index (κ3) is 7.53. The van der Waals surface area contributed by atoms with Crippen molar-refractivity contribution in [1.82, 2.24) is 14.0 Å². The molecule has 2 heterocycles. The Morgan fingerprint density at radius 3 is 2.46 bits per heavy atom. The summed E-state index contributed by atoms with van der Waals surface area (Å²) in [6.45, 7) is 2.74. The number of ether oxygens (including phenoxy) is 5. The minimum atomic E-state index is -4.59. The second kappa shape index (κ2) is 15.3. The molecular formula is C35H37N3O11S. The van der Waals surface area contributed by atoms with Crippen LogP contribution in [-0.4, -0.2) is 72.2 Å². The number of imidazole rings is 1. The number of sulfonamides is 1. The van der Waals surface area contributed by atoms with Crippen molar-refractivity contribution in [3.05, 3.63) is 89.0 Å². The highest BCUT2D eigenvalue weighted by Crippen LogP contribution is 2.39. The molecule has 0 saturated carbocycles. The predicted octanol–water partition coefficient (Wildman–Crippen LogP) is 4.97. The number of aromatic nitrogens is 2. The number of carboxylic acids is 1. The third-order valence-electron chi connectivity index (χ3n) is 7.94. The fraction of sp³-hybridized carbons (Fsp3) is 0.286. The van der Waals surface area contributed by atoms with Crippen LogP contribution < -0.4 is 23.7 Å². The minimum Gasteiger partial charge on any atom is -0.497 e. The first-order valence-electron chi connectivity index (χ1n) is 15.6. The monoisotopic (exact) mass is 707 g/mol. The first-order chi connectivity index (χ1) is 24.0. The molecule has 0 bridgehead atoms. The molecule has 5 rings (SSSR count). The van der Waals surface area contributed by atoms with E-state index in [1.54, 1.807) is 47.9 Å². The van der Waals surface area contributed by atoms with Gasteiger partial charge < -0.3 is 28.8 Å². The Bertz CT molecular complexity index is 2040. The van der Waals surface area contributed by atoms with Gasteiger partial charge in [0.2, 0.25) is 6.79 Å². The van der Waals surface area contributed by atoms with E-state index in [-0.39, 0.29) is 33.9 Å². The largest absolute Gasteiger partial charge is 0.497 e. The topological polar surface area (TPSA) is 176 Å². The minimum absolute atomic E-state index is 0.00819. The number of benzene rings is 3. The average molecular weight is 708 g/mol. The van der Waals surface area contributed by atoms with Crippen LogP contribution in [0.2, 0.25) is 0 Å². The number of carbonyl (C=O) groups is 2. The van der Waals surface area contributed by atoms with E-state index in [1.165, 1.54) is 44.7 Å². The van der Waals surface area contributed by atoms with Crippen molar-refractivity contribution in [3.8, 4) is 34.4 Å². The van der Waals surface area contributed by atoms with Crippen molar-refractivity contribution in [1.29, 1.82) is 0 Å². The summed E-state index contributed by atoms with van der Waals surface area (Å²) >= 11 is 0. The number of carboxylic acid groups (broad SMARTS) is 1. The Kier molecular flexibility index (Phi) is 11.0.